The third-order valence-electron chi connectivity index (χ3n) is 3.79. The number of likely N-dealkylation sites (tertiary alicyclic amines) is 1. The van der Waals surface area contributed by atoms with Crippen molar-refractivity contribution < 1.29 is 14.0 Å². The van der Waals surface area contributed by atoms with Gasteiger partial charge in [0.1, 0.15) is 17.4 Å². The van der Waals surface area contributed by atoms with Crippen molar-refractivity contribution in [2.45, 2.75) is 32.7 Å². The second kappa shape index (κ2) is 5.97. The van der Waals surface area contributed by atoms with Crippen molar-refractivity contribution in [1.29, 1.82) is 5.26 Å². The van der Waals surface area contributed by atoms with Crippen molar-refractivity contribution in [2.75, 3.05) is 18.4 Å². The number of nitrogens with one attached hydrogen (secondary N) is 1. The molecule has 1 aliphatic rings. The van der Waals surface area contributed by atoms with E-state index in [-0.39, 0.29) is 18.3 Å². The van der Waals surface area contributed by atoms with Crippen LogP contribution in [0.15, 0.2) is 4.42 Å². The zero-order valence-electron chi connectivity index (χ0n) is 12.1. The largest absolute Gasteiger partial charge is 0.444 e. The Kier molecular flexibility index (Phi) is 4.29. The van der Waals surface area contributed by atoms with Gasteiger partial charge in [-0.1, -0.05) is 0 Å². The predicted molar refractivity (Wildman–Crippen MR) is 75.3 cm³/mol. The van der Waals surface area contributed by atoms with Gasteiger partial charge < -0.3 is 10.2 Å². The Bertz CT molecular complexity index is 614. The fourth-order valence-electron chi connectivity index (χ4n) is 2.54. The van der Waals surface area contributed by atoms with Crippen LogP contribution in [0, 0.1) is 25.2 Å². The number of rotatable bonds is 4. The number of nitrogens with two attached hydrogens (primary N) is 1. The average Bonchev–Trinajstić information content (AvgIpc) is 2.96. The maximum Gasteiger partial charge on any atom is 0.240 e. The van der Waals surface area contributed by atoms with Crippen LogP contribution in [0.3, 0.4) is 0 Å². The molecule has 0 radical (unpaired) electrons. The first-order chi connectivity index (χ1) is 9.93. The number of furan rings is 1. The summed E-state index contributed by atoms with van der Waals surface area (Å²) in [5.41, 5.74) is 6.35. The highest BCUT2D eigenvalue weighted by Crippen LogP contribution is 2.25. The summed E-state index contributed by atoms with van der Waals surface area (Å²) < 4.78 is 5.38. The summed E-state index contributed by atoms with van der Waals surface area (Å²) in [5.74, 6) is 0.0152. The van der Waals surface area contributed by atoms with Gasteiger partial charge in [-0.05, 0) is 33.2 Å². The van der Waals surface area contributed by atoms with Crippen molar-refractivity contribution in [3.8, 4) is 6.07 Å². The molecule has 1 aromatic rings. The standard InChI is InChI=1S/C14H18N4O3/c1-8-9(2)21-14(10(8)6-15)17-12(19)7-18-5-3-4-11(18)13(16)20/h11H,3-5,7H2,1-2H3,(H2,16,20)(H,17,19). The molecule has 112 valence electrons. The number of primary amides is 1. The summed E-state index contributed by atoms with van der Waals surface area (Å²) in [7, 11) is 0. The number of anilines is 1. The summed E-state index contributed by atoms with van der Waals surface area (Å²) in [6.45, 7) is 4.20. The zero-order chi connectivity index (χ0) is 15.6. The van der Waals surface area contributed by atoms with E-state index < -0.39 is 11.9 Å². The second-order valence-electron chi connectivity index (χ2n) is 5.18. The lowest BCUT2D eigenvalue weighted by atomic mass is 10.2. The second-order valence-corrected chi connectivity index (χ2v) is 5.18. The molecule has 1 fully saturated rings. The molecule has 7 nitrogen and oxygen atoms in total. The van der Waals surface area contributed by atoms with E-state index in [1.54, 1.807) is 18.7 Å². The molecule has 2 amide bonds. The first-order valence-corrected chi connectivity index (χ1v) is 6.77. The fourth-order valence-corrected chi connectivity index (χ4v) is 2.54. The molecule has 1 saturated heterocycles. The summed E-state index contributed by atoms with van der Waals surface area (Å²) in [6.07, 6.45) is 1.51. The molecule has 3 N–H and O–H groups in total. The van der Waals surface area contributed by atoms with Gasteiger partial charge in [0.05, 0.1) is 12.6 Å². The molecule has 2 heterocycles. The third kappa shape index (κ3) is 3.06. The molecule has 2 rings (SSSR count). The van der Waals surface area contributed by atoms with Gasteiger partial charge in [-0.25, -0.2) is 0 Å². The van der Waals surface area contributed by atoms with Crippen LogP contribution >= 0.6 is 0 Å². The van der Waals surface area contributed by atoms with E-state index in [0.717, 1.165) is 6.42 Å². The fraction of sp³-hybridized carbons (Fsp3) is 0.500. The van der Waals surface area contributed by atoms with E-state index in [2.05, 4.69) is 5.32 Å². The van der Waals surface area contributed by atoms with Crippen molar-refractivity contribution in [1.82, 2.24) is 4.90 Å². The van der Waals surface area contributed by atoms with Crippen LogP contribution in [-0.2, 0) is 9.59 Å². The molecule has 21 heavy (non-hydrogen) atoms. The van der Waals surface area contributed by atoms with E-state index >= 15 is 0 Å². The third-order valence-corrected chi connectivity index (χ3v) is 3.79. The van der Waals surface area contributed by atoms with Crippen molar-refractivity contribution in [3.63, 3.8) is 0 Å². The zero-order valence-corrected chi connectivity index (χ0v) is 12.1. The van der Waals surface area contributed by atoms with Gasteiger partial charge >= 0.3 is 0 Å². The Morgan fingerprint density at radius 1 is 1.52 bits per heavy atom. The lowest BCUT2D eigenvalue weighted by Gasteiger charge is -2.20. The van der Waals surface area contributed by atoms with Gasteiger partial charge in [0, 0.05) is 5.56 Å². The molecule has 0 aromatic carbocycles. The quantitative estimate of drug-likeness (QED) is 0.845. The summed E-state index contributed by atoms with van der Waals surface area (Å²) in [6, 6.07) is 1.62. The van der Waals surface area contributed by atoms with Crippen LogP contribution in [-0.4, -0.2) is 35.8 Å². The normalized spacial score (nSPS) is 18.4. The highest BCUT2D eigenvalue weighted by atomic mass is 16.4. The minimum absolute atomic E-state index is 0.0528. The van der Waals surface area contributed by atoms with Crippen LogP contribution in [0.25, 0.3) is 0 Å². The molecule has 0 aliphatic carbocycles. The summed E-state index contributed by atoms with van der Waals surface area (Å²) >= 11 is 0. The van der Waals surface area contributed by atoms with E-state index in [1.165, 1.54) is 0 Å². The van der Waals surface area contributed by atoms with Crippen LogP contribution in [0.1, 0.15) is 29.7 Å². The van der Waals surface area contributed by atoms with E-state index in [4.69, 9.17) is 15.4 Å². The molecular formula is C14H18N4O3. The van der Waals surface area contributed by atoms with Crippen molar-refractivity contribution >= 4 is 17.7 Å². The van der Waals surface area contributed by atoms with E-state index in [9.17, 15) is 9.59 Å². The number of aryl methyl sites for hydroxylation is 1. The minimum Gasteiger partial charge on any atom is -0.444 e. The summed E-state index contributed by atoms with van der Waals surface area (Å²) in [4.78, 5) is 25.1. The van der Waals surface area contributed by atoms with Crippen LogP contribution < -0.4 is 11.1 Å². The monoisotopic (exact) mass is 290 g/mol. The van der Waals surface area contributed by atoms with Gasteiger partial charge in [0.15, 0.2) is 0 Å². The number of hydrogen-bond donors (Lipinski definition) is 2. The molecule has 1 aromatic heterocycles. The highest BCUT2D eigenvalue weighted by Gasteiger charge is 2.30. The molecule has 1 unspecified atom stereocenters. The van der Waals surface area contributed by atoms with Crippen LogP contribution in [0.5, 0.6) is 0 Å². The highest BCUT2D eigenvalue weighted by molar-refractivity contribution is 5.93. The number of nitrogens with zero attached hydrogens (tertiary/aromatic N) is 2. The van der Waals surface area contributed by atoms with Crippen LogP contribution in [0.4, 0.5) is 5.88 Å². The van der Waals surface area contributed by atoms with Gasteiger partial charge in [-0.3, -0.25) is 19.8 Å². The lowest BCUT2D eigenvalue weighted by molar-refractivity contribution is -0.123. The van der Waals surface area contributed by atoms with Crippen LogP contribution in [0.2, 0.25) is 0 Å². The lowest BCUT2D eigenvalue weighted by Crippen LogP contribution is -2.43. The number of amides is 2. The van der Waals surface area contributed by atoms with Crippen molar-refractivity contribution in [3.05, 3.63) is 16.9 Å². The molecule has 7 heteroatoms. The summed E-state index contributed by atoms with van der Waals surface area (Å²) in [5, 5.41) is 11.7. The first-order valence-electron chi connectivity index (χ1n) is 6.77. The predicted octanol–water partition coefficient (Wildman–Crippen LogP) is 0.656. The Balaban J connectivity index is 2.04. The molecule has 0 spiro atoms. The van der Waals surface area contributed by atoms with Crippen molar-refractivity contribution in [2.24, 2.45) is 5.73 Å². The molecular weight excluding hydrogens is 272 g/mol. The van der Waals surface area contributed by atoms with E-state index in [0.29, 0.717) is 29.9 Å². The number of carbonyl (C=O) groups is 2. The molecule has 0 bridgehead atoms. The topological polar surface area (TPSA) is 112 Å². The van der Waals surface area contributed by atoms with Gasteiger partial charge in [0.25, 0.3) is 0 Å². The Labute approximate surface area is 122 Å². The SMILES string of the molecule is Cc1oc(NC(=O)CN2CCCC2C(N)=O)c(C#N)c1C. The molecule has 1 atom stereocenters. The van der Waals surface area contributed by atoms with Gasteiger partial charge in [0.2, 0.25) is 17.7 Å². The maximum atomic E-state index is 12.1. The van der Waals surface area contributed by atoms with E-state index in [1.807, 2.05) is 6.07 Å². The average molecular weight is 290 g/mol. The number of carbonyl (C=O) groups excluding carboxylic acids is 2. The maximum absolute atomic E-state index is 12.1. The number of nitriles is 1. The minimum atomic E-state index is -0.414. The Hall–Kier alpha value is -2.33. The smallest absolute Gasteiger partial charge is 0.240 e. The Morgan fingerprint density at radius 2 is 2.24 bits per heavy atom. The molecule has 0 saturated carbocycles. The molecule has 1 aliphatic heterocycles. The van der Waals surface area contributed by atoms with Gasteiger partial charge in [-0.2, -0.15) is 5.26 Å². The number of hydrogen-bond acceptors (Lipinski definition) is 5. The Morgan fingerprint density at radius 3 is 2.86 bits per heavy atom. The van der Waals surface area contributed by atoms with Gasteiger partial charge in [-0.15, -0.1) is 0 Å². The first kappa shape index (κ1) is 15.1.